The zero-order chi connectivity index (χ0) is 12.3. The standard InChI is InChI=1S/C11H26N2O2/c1-6-9(14)10(7-2,8-3)11(12,15)13(4)5/h9,14-15H,6-8,12H2,1-5H3. The van der Waals surface area contributed by atoms with Crippen molar-refractivity contribution >= 4 is 0 Å². The zero-order valence-corrected chi connectivity index (χ0v) is 10.6. The van der Waals surface area contributed by atoms with E-state index in [-0.39, 0.29) is 0 Å². The number of nitrogens with zero attached hydrogens (tertiary/aromatic N) is 1. The Morgan fingerprint density at radius 2 is 1.60 bits per heavy atom. The van der Waals surface area contributed by atoms with Crippen molar-refractivity contribution in [3.63, 3.8) is 0 Å². The summed E-state index contributed by atoms with van der Waals surface area (Å²) in [7, 11) is 3.45. The predicted molar refractivity (Wildman–Crippen MR) is 62.1 cm³/mol. The highest BCUT2D eigenvalue weighted by atomic mass is 16.3. The molecule has 4 nitrogen and oxygen atoms in total. The first-order valence-electron chi connectivity index (χ1n) is 5.66. The second-order valence-electron chi connectivity index (χ2n) is 4.41. The number of aliphatic hydroxyl groups is 2. The SMILES string of the molecule is CCC(O)C(CC)(CC)C(N)(O)N(C)C. The highest BCUT2D eigenvalue weighted by Crippen LogP contribution is 2.41. The number of rotatable bonds is 6. The molecule has 0 fully saturated rings. The highest BCUT2D eigenvalue weighted by molar-refractivity contribution is 4.96. The van der Waals surface area contributed by atoms with E-state index in [2.05, 4.69) is 0 Å². The Hall–Kier alpha value is -0.160. The molecule has 0 aromatic carbocycles. The van der Waals surface area contributed by atoms with Crippen molar-refractivity contribution in [2.45, 2.75) is 52.0 Å². The van der Waals surface area contributed by atoms with Crippen LogP contribution in [0.1, 0.15) is 40.0 Å². The Morgan fingerprint density at radius 1 is 1.20 bits per heavy atom. The maximum absolute atomic E-state index is 10.3. The molecule has 0 aliphatic rings. The van der Waals surface area contributed by atoms with Gasteiger partial charge in [0, 0.05) is 0 Å². The number of aliphatic hydroxyl groups excluding tert-OH is 1. The van der Waals surface area contributed by atoms with Gasteiger partial charge < -0.3 is 10.2 Å². The van der Waals surface area contributed by atoms with E-state index in [0.717, 1.165) is 0 Å². The molecule has 0 aliphatic carbocycles. The van der Waals surface area contributed by atoms with Crippen LogP contribution in [0.25, 0.3) is 0 Å². The molecule has 0 spiro atoms. The van der Waals surface area contributed by atoms with Crippen LogP contribution < -0.4 is 5.73 Å². The minimum absolute atomic E-state index is 0.592. The van der Waals surface area contributed by atoms with Crippen molar-refractivity contribution in [2.24, 2.45) is 11.1 Å². The van der Waals surface area contributed by atoms with Gasteiger partial charge >= 0.3 is 0 Å². The van der Waals surface area contributed by atoms with Crippen molar-refractivity contribution in [1.29, 1.82) is 0 Å². The predicted octanol–water partition coefficient (Wildman–Crippen LogP) is 0.730. The molecular weight excluding hydrogens is 192 g/mol. The summed E-state index contributed by atoms with van der Waals surface area (Å²) in [6.45, 7) is 5.80. The molecule has 92 valence electrons. The molecule has 0 aliphatic heterocycles. The Kier molecular flexibility index (Phi) is 5.20. The fourth-order valence-electron chi connectivity index (χ4n) is 2.32. The first kappa shape index (κ1) is 14.8. The fourth-order valence-corrected chi connectivity index (χ4v) is 2.32. The Morgan fingerprint density at radius 3 is 1.80 bits per heavy atom. The van der Waals surface area contributed by atoms with Crippen LogP contribution in [0, 0.1) is 5.41 Å². The first-order valence-corrected chi connectivity index (χ1v) is 5.66. The van der Waals surface area contributed by atoms with Crippen molar-refractivity contribution in [3.05, 3.63) is 0 Å². The van der Waals surface area contributed by atoms with Gasteiger partial charge in [-0.3, -0.25) is 10.6 Å². The molecule has 0 bridgehead atoms. The molecular formula is C11H26N2O2. The summed E-state index contributed by atoms with van der Waals surface area (Å²) in [5.74, 6) is -1.48. The van der Waals surface area contributed by atoms with Gasteiger partial charge in [-0.15, -0.1) is 0 Å². The van der Waals surface area contributed by atoms with E-state index in [1.807, 2.05) is 20.8 Å². The van der Waals surface area contributed by atoms with E-state index in [9.17, 15) is 10.2 Å². The summed E-state index contributed by atoms with van der Waals surface area (Å²) in [6, 6.07) is 0. The van der Waals surface area contributed by atoms with Gasteiger partial charge in [0.05, 0.1) is 11.5 Å². The van der Waals surface area contributed by atoms with Gasteiger partial charge in [0.1, 0.15) is 0 Å². The molecule has 0 rings (SSSR count). The topological polar surface area (TPSA) is 69.7 Å². The molecule has 0 radical (unpaired) electrons. The van der Waals surface area contributed by atoms with Crippen LogP contribution in [0.4, 0.5) is 0 Å². The minimum Gasteiger partial charge on any atom is -0.392 e. The summed E-state index contributed by atoms with van der Waals surface area (Å²) < 4.78 is 0. The lowest BCUT2D eigenvalue weighted by Gasteiger charge is -2.50. The maximum atomic E-state index is 10.3. The van der Waals surface area contributed by atoms with Gasteiger partial charge in [0.2, 0.25) is 0 Å². The van der Waals surface area contributed by atoms with Gasteiger partial charge in [0.25, 0.3) is 0 Å². The van der Waals surface area contributed by atoms with E-state index < -0.39 is 17.4 Å². The van der Waals surface area contributed by atoms with E-state index in [1.54, 1.807) is 19.0 Å². The van der Waals surface area contributed by atoms with E-state index in [1.165, 1.54) is 0 Å². The van der Waals surface area contributed by atoms with Gasteiger partial charge in [-0.2, -0.15) is 0 Å². The van der Waals surface area contributed by atoms with E-state index >= 15 is 0 Å². The van der Waals surface area contributed by atoms with Gasteiger partial charge in [-0.25, -0.2) is 0 Å². The lowest BCUT2D eigenvalue weighted by Crippen LogP contribution is -2.67. The molecule has 2 atom stereocenters. The second kappa shape index (κ2) is 5.25. The smallest absolute Gasteiger partial charge is 0.179 e. The van der Waals surface area contributed by atoms with Gasteiger partial charge in [-0.1, -0.05) is 20.8 Å². The minimum atomic E-state index is -1.48. The van der Waals surface area contributed by atoms with Crippen LogP contribution in [-0.4, -0.2) is 41.2 Å². The Labute approximate surface area is 93.1 Å². The van der Waals surface area contributed by atoms with Crippen molar-refractivity contribution in [3.8, 4) is 0 Å². The molecule has 0 aromatic heterocycles. The quantitative estimate of drug-likeness (QED) is 0.575. The average molecular weight is 218 g/mol. The number of hydrogen-bond acceptors (Lipinski definition) is 4. The molecule has 4 heteroatoms. The number of nitrogens with two attached hydrogens (primary N) is 1. The van der Waals surface area contributed by atoms with Crippen LogP contribution in [-0.2, 0) is 0 Å². The summed E-state index contributed by atoms with van der Waals surface area (Å²) in [6.07, 6.45) is 1.28. The average Bonchev–Trinajstić information content (AvgIpc) is 2.19. The molecule has 0 saturated carbocycles. The summed E-state index contributed by atoms with van der Waals surface area (Å²) in [4.78, 5) is 1.57. The van der Waals surface area contributed by atoms with Crippen LogP contribution >= 0.6 is 0 Å². The first-order chi connectivity index (χ1) is 6.80. The molecule has 0 heterocycles. The molecule has 0 aromatic rings. The molecule has 0 saturated heterocycles. The van der Waals surface area contributed by atoms with Crippen LogP contribution in [0.2, 0.25) is 0 Å². The highest BCUT2D eigenvalue weighted by Gasteiger charge is 2.51. The third kappa shape index (κ3) is 2.33. The monoisotopic (exact) mass is 218 g/mol. The van der Waals surface area contributed by atoms with Crippen LogP contribution in [0.5, 0.6) is 0 Å². The van der Waals surface area contributed by atoms with Crippen molar-refractivity contribution in [2.75, 3.05) is 14.1 Å². The Balaban J connectivity index is 5.26. The Bertz CT molecular complexity index is 189. The van der Waals surface area contributed by atoms with Gasteiger partial charge in [-0.05, 0) is 33.4 Å². The third-order valence-corrected chi connectivity index (χ3v) is 3.70. The number of hydrogen-bond donors (Lipinski definition) is 3. The molecule has 15 heavy (non-hydrogen) atoms. The zero-order valence-electron chi connectivity index (χ0n) is 10.6. The van der Waals surface area contributed by atoms with Crippen molar-refractivity contribution in [1.82, 2.24) is 4.90 Å². The molecule has 0 amide bonds. The second-order valence-corrected chi connectivity index (χ2v) is 4.41. The fraction of sp³-hybridized carbons (Fsp3) is 1.00. The van der Waals surface area contributed by atoms with E-state index in [4.69, 9.17) is 5.73 Å². The van der Waals surface area contributed by atoms with Crippen molar-refractivity contribution < 1.29 is 10.2 Å². The van der Waals surface area contributed by atoms with E-state index in [0.29, 0.717) is 19.3 Å². The molecule has 4 N–H and O–H groups in total. The lowest BCUT2D eigenvalue weighted by molar-refractivity contribution is -0.216. The largest absolute Gasteiger partial charge is 0.392 e. The van der Waals surface area contributed by atoms with Gasteiger partial charge in [0.15, 0.2) is 5.85 Å². The summed E-state index contributed by atoms with van der Waals surface area (Å²) >= 11 is 0. The summed E-state index contributed by atoms with van der Waals surface area (Å²) in [5, 5.41) is 20.4. The van der Waals surface area contributed by atoms with Crippen LogP contribution in [0.3, 0.4) is 0 Å². The lowest BCUT2D eigenvalue weighted by atomic mass is 9.71. The molecule has 2 unspecified atom stereocenters. The third-order valence-electron chi connectivity index (χ3n) is 3.70. The maximum Gasteiger partial charge on any atom is 0.179 e. The van der Waals surface area contributed by atoms with Crippen LogP contribution in [0.15, 0.2) is 0 Å². The normalized spacial score (nSPS) is 19.0. The summed E-state index contributed by atoms with van der Waals surface area (Å²) in [5.41, 5.74) is 5.28.